The second-order valence-electron chi connectivity index (χ2n) is 6.55. The molecule has 1 aromatic rings. The van der Waals surface area contributed by atoms with Gasteiger partial charge in [0.05, 0.1) is 19.8 Å². The number of nitrogens with one attached hydrogen (secondary N) is 1. The van der Waals surface area contributed by atoms with Crippen molar-refractivity contribution < 1.29 is 14.3 Å². The number of amides is 1. The number of hydrogen-bond acceptors (Lipinski definition) is 4. The van der Waals surface area contributed by atoms with E-state index < -0.39 is 0 Å². The second kappa shape index (κ2) is 7.81. The number of morpholine rings is 1. The Hall–Kier alpha value is -1.85. The van der Waals surface area contributed by atoms with E-state index in [2.05, 4.69) is 10.2 Å². The minimum atomic E-state index is -0.0811. The van der Waals surface area contributed by atoms with Gasteiger partial charge in [-0.05, 0) is 49.6 Å². The molecule has 1 aromatic carbocycles. The van der Waals surface area contributed by atoms with Crippen molar-refractivity contribution in [1.82, 2.24) is 10.2 Å². The highest BCUT2D eigenvalue weighted by Crippen LogP contribution is 2.22. The number of ether oxygens (including phenoxy) is 2. The van der Waals surface area contributed by atoms with E-state index in [1.807, 2.05) is 31.2 Å². The Morgan fingerprint density at radius 1 is 1.50 bits per heavy atom. The van der Waals surface area contributed by atoms with Crippen LogP contribution in [0.3, 0.4) is 0 Å². The lowest BCUT2D eigenvalue weighted by Crippen LogP contribution is -2.49. The number of hydrogen-bond donors (Lipinski definition) is 1. The summed E-state index contributed by atoms with van der Waals surface area (Å²) in [7, 11) is 1.64. The minimum absolute atomic E-state index is 0.0811. The van der Waals surface area contributed by atoms with Crippen LogP contribution >= 0.6 is 0 Å². The van der Waals surface area contributed by atoms with Crippen molar-refractivity contribution in [1.29, 1.82) is 0 Å². The maximum Gasteiger partial charge on any atom is 0.244 e. The molecule has 0 aliphatic carbocycles. The van der Waals surface area contributed by atoms with Gasteiger partial charge >= 0.3 is 0 Å². The summed E-state index contributed by atoms with van der Waals surface area (Å²) in [5, 5.41) is 2.96. The molecule has 1 amide bonds. The van der Waals surface area contributed by atoms with Crippen molar-refractivity contribution in [2.45, 2.75) is 31.9 Å². The van der Waals surface area contributed by atoms with Crippen molar-refractivity contribution in [3.63, 3.8) is 0 Å². The third kappa shape index (κ3) is 4.16. The topological polar surface area (TPSA) is 50.8 Å². The molecule has 2 fully saturated rings. The Bertz CT molecular complexity index is 614. The number of rotatable bonds is 5. The highest BCUT2D eigenvalue weighted by atomic mass is 16.5. The molecule has 1 N–H and O–H groups in total. The summed E-state index contributed by atoms with van der Waals surface area (Å²) in [6.45, 7) is 5.36. The number of fused-ring (bicyclic) bond motifs is 1. The summed E-state index contributed by atoms with van der Waals surface area (Å²) in [5.74, 6) is 0.707. The minimum Gasteiger partial charge on any atom is -0.497 e. The van der Waals surface area contributed by atoms with Gasteiger partial charge in [0, 0.05) is 25.2 Å². The highest BCUT2D eigenvalue weighted by Gasteiger charge is 2.32. The van der Waals surface area contributed by atoms with E-state index >= 15 is 0 Å². The zero-order chi connectivity index (χ0) is 16.9. The van der Waals surface area contributed by atoms with Crippen molar-refractivity contribution in [2.24, 2.45) is 0 Å². The summed E-state index contributed by atoms with van der Waals surface area (Å²) in [6.07, 6.45) is 4.22. The van der Waals surface area contributed by atoms with Crippen molar-refractivity contribution in [3.8, 4) is 5.75 Å². The van der Waals surface area contributed by atoms with Gasteiger partial charge in [0.25, 0.3) is 0 Å². The number of allylic oxidation sites excluding steroid dienone is 1. The van der Waals surface area contributed by atoms with E-state index in [-0.39, 0.29) is 12.0 Å². The van der Waals surface area contributed by atoms with Crippen LogP contribution in [-0.4, -0.2) is 56.3 Å². The summed E-state index contributed by atoms with van der Waals surface area (Å²) >= 11 is 0. The second-order valence-corrected chi connectivity index (χ2v) is 6.55. The SMILES string of the molecule is COc1cccc(/C(C)=C/C(=O)NC[C@@H]2CN3CCC[C@@H]3CO2)c1. The predicted octanol–water partition coefficient (Wildman–Crippen LogP) is 2.08. The Labute approximate surface area is 143 Å². The van der Waals surface area contributed by atoms with Crippen LogP contribution in [0.25, 0.3) is 5.57 Å². The van der Waals surface area contributed by atoms with Gasteiger partial charge in [-0.1, -0.05) is 12.1 Å². The van der Waals surface area contributed by atoms with Gasteiger partial charge in [0.1, 0.15) is 5.75 Å². The van der Waals surface area contributed by atoms with Crippen molar-refractivity contribution in [2.75, 3.05) is 33.4 Å². The van der Waals surface area contributed by atoms with Gasteiger partial charge in [0.15, 0.2) is 0 Å². The first-order chi connectivity index (χ1) is 11.7. The molecular weight excluding hydrogens is 304 g/mol. The molecule has 0 spiro atoms. The van der Waals surface area contributed by atoms with Gasteiger partial charge < -0.3 is 14.8 Å². The Morgan fingerprint density at radius 2 is 2.38 bits per heavy atom. The van der Waals surface area contributed by atoms with Gasteiger partial charge in [-0.3, -0.25) is 9.69 Å². The number of carbonyl (C=O) groups is 1. The van der Waals surface area contributed by atoms with E-state index in [4.69, 9.17) is 9.47 Å². The smallest absolute Gasteiger partial charge is 0.244 e. The molecule has 2 heterocycles. The van der Waals surface area contributed by atoms with E-state index in [0.29, 0.717) is 12.6 Å². The molecule has 130 valence electrons. The molecule has 2 aliphatic rings. The fourth-order valence-corrected chi connectivity index (χ4v) is 3.42. The first-order valence-electron chi connectivity index (χ1n) is 8.62. The molecule has 5 nitrogen and oxygen atoms in total. The predicted molar refractivity (Wildman–Crippen MR) is 94.0 cm³/mol. The number of carbonyl (C=O) groups excluding carboxylic acids is 1. The third-order valence-electron chi connectivity index (χ3n) is 4.84. The zero-order valence-electron chi connectivity index (χ0n) is 14.5. The lowest BCUT2D eigenvalue weighted by Gasteiger charge is -2.35. The molecule has 0 aromatic heterocycles. The van der Waals surface area contributed by atoms with E-state index in [1.54, 1.807) is 13.2 Å². The van der Waals surface area contributed by atoms with Gasteiger partial charge in [0.2, 0.25) is 5.91 Å². The molecule has 0 bridgehead atoms. The Balaban J connectivity index is 1.51. The van der Waals surface area contributed by atoms with Crippen LogP contribution in [0.4, 0.5) is 0 Å². The van der Waals surface area contributed by atoms with Crippen LogP contribution < -0.4 is 10.1 Å². The number of benzene rings is 1. The van der Waals surface area contributed by atoms with Gasteiger partial charge in [-0.2, -0.15) is 0 Å². The van der Waals surface area contributed by atoms with Crippen LogP contribution in [0.5, 0.6) is 5.75 Å². The molecule has 24 heavy (non-hydrogen) atoms. The lowest BCUT2D eigenvalue weighted by atomic mass is 10.1. The van der Waals surface area contributed by atoms with Crippen LogP contribution in [0.1, 0.15) is 25.3 Å². The van der Waals surface area contributed by atoms with Crippen molar-refractivity contribution in [3.05, 3.63) is 35.9 Å². The lowest BCUT2D eigenvalue weighted by molar-refractivity contribution is -0.118. The average Bonchev–Trinajstić information content (AvgIpc) is 3.07. The van der Waals surface area contributed by atoms with Crippen LogP contribution in [0.2, 0.25) is 0 Å². The van der Waals surface area contributed by atoms with Gasteiger partial charge in [-0.25, -0.2) is 0 Å². The molecule has 0 radical (unpaired) electrons. The Kier molecular flexibility index (Phi) is 5.53. The van der Waals surface area contributed by atoms with Crippen molar-refractivity contribution >= 4 is 11.5 Å². The van der Waals surface area contributed by atoms with Crippen LogP contribution in [0.15, 0.2) is 30.3 Å². The van der Waals surface area contributed by atoms with Crippen LogP contribution in [-0.2, 0) is 9.53 Å². The average molecular weight is 330 g/mol. The Morgan fingerprint density at radius 3 is 3.21 bits per heavy atom. The van der Waals surface area contributed by atoms with E-state index in [0.717, 1.165) is 36.6 Å². The zero-order valence-corrected chi connectivity index (χ0v) is 14.5. The first kappa shape index (κ1) is 17.0. The summed E-state index contributed by atoms with van der Waals surface area (Å²) in [4.78, 5) is 14.6. The molecule has 5 heteroatoms. The van der Waals surface area contributed by atoms with Crippen LogP contribution in [0, 0.1) is 0 Å². The fourth-order valence-electron chi connectivity index (χ4n) is 3.42. The summed E-state index contributed by atoms with van der Waals surface area (Å²) in [6, 6.07) is 8.30. The highest BCUT2D eigenvalue weighted by molar-refractivity contribution is 5.94. The molecule has 2 atom stereocenters. The molecule has 2 saturated heterocycles. The monoisotopic (exact) mass is 330 g/mol. The summed E-state index contributed by atoms with van der Waals surface area (Å²) < 4.78 is 11.1. The van der Waals surface area contributed by atoms with E-state index in [1.165, 1.54) is 12.8 Å². The largest absolute Gasteiger partial charge is 0.497 e. The molecular formula is C19H26N2O3. The maximum absolute atomic E-state index is 12.2. The maximum atomic E-state index is 12.2. The first-order valence-corrected chi connectivity index (χ1v) is 8.62. The van der Waals surface area contributed by atoms with E-state index in [9.17, 15) is 4.79 Å². The number of nitrogens with zero attached hydrogens (tertiary/aromatic N) is 1. The summed E-state index contributed by atoms with van der Waals surface area (Å²) in [5.41, 5.74) is 1.90. The molecule has 3 rings (SSSR count). The number of methoxy groups -OCH3 is 1. The molecule has 0 unspecified atom stereocenters. The fraction of sp³-hybridized carbons (Fsp3) is 0.526. The van der Waals surface area contributed by atoms with Gasteiger partial charge in [-0.15, -0.1) is 0 Å². The molecule has 2 aliphatic heterocycles. The molecule has 0 saturated carbocycles. The quantitative estimate of drug-likeness (QED) is 0.840. The third-order valence-corrected chi connectivity index (χ3v) is 4.84. The normalized spacial score (nSPS) is 24.5. The standard InChI is InChI=1S/C19H26N2O3/c1-14(15-5-3-7-17(10-15)23-2)9-19(22)20-11-18-12-21-8-4-6-16(21)13-24-18/h3,5,7,9-10,16,18H,4,6,8,11-13H2,1-2H3,(H,20,22)/b14-9+/t16-,18-/m1/s1.